The minimum Gasteiger partial charge on any atom is -0.299 e. The number of hydrogen-bond acceptors (Lipinski definition) is 7. The molecule has 0 radical (unpaired) electrons. The van der Waals surface area contributed by atoms with Gasteiger partial charge in [-0.05, 0) is 35.4 Å². The number of nitriles is 1. The van der Waals surface area contributed by atoms with Crippen LogP contribution in [0.2, 0.25) is 0 Å². The zero-order valence-corrected chi connectivity index (χ0v) is 19.3. The average molecular weight is 475 g/mol. The maximum absolute atomic E-state index is 13.1. The fraction of sp³-hybridized carbons (Fsp3) is 0.0833. The Balaban J connectivity index is 1.42. The summed E-state index contributed by atoms with van der Waals surface area (Å²) in [7, 11) is 0. The molecule has 0 aliphatic rings. The largest absolute Gasteiger partial charge is 0.299 e. The number of rotatable bonds is 8. The molecule has 1 N–H and O–H groups in total. The number of benzene rings is 3. The molecule has 8 heteroatoms. The predicted octanol–water partition coefficient (Wildman–Crippen LogP) is 6.17. The Morgan fingerprint density at radius 3 is 2.34 bits per heavy atom. The first kappa shape index (κ1) is 22.1. The summed E-state index contributed by atoms with van der Waals surface area (Å²) in [5, 5.41) is 20.2. The number of hydrogen-bond donors (Lipinski definition) is 1. The summed E-state index contributed by atoms with van der Waals surface area (Å²) in [5.41, 5.74) is 2.66. The predicted molar refractivity (Wildman–Crippen MR) is 131 cm³/mol. The summed E-state index contributed by atoms with van der Waals surface area (Å²) in [6, 6.07) is 29.2. The van der Waals surface area contributed by atoms with Crippen LogP contribution in [0.3, 0.4) is 0 Å². The smallest absolute Gasteiger partial charge is 0.244 e. The summed E-state index contributed by atoms with van der Waals surface area (Å²) < 4.78 is 0.775. The third-order valence-corrected chi connectivity index (χ3v) is 7.73. The van der Waals surface area contributed by atoms with Crippen LogP contribution in [-0.4, -0.2) is 16.1 Å². The number of thioether (sulfide) groups is 2. The molecule has 158 valence electrons. The zero-order valence-electron chi connectivity index (χ0n) is 16.8. The molecule has 1 unspecified atom stereocenters. The highest BCUT2D eigenvalue weighted by molar-refractivity contribution is 8.00. The second-order valence-corrected chi connectivity index (χ2v) is 10.1. The molecule has 1 amide bonds. The lowest BCUT2D eigenvalue weighted by Crippen LogP contribution is -2.18. The van der Waals surface area contributed by atoms with Gasteiger partial charge in [0.1, 0.15) is 5.25 Å². The molecular formula is C24H18N4OS3. The molecule has 1 atom stereocenters. The molecular weight excluding hydrogens is 456 g/mol. The van der Waals surface area contributed by atoms with E-state index in [4.69, 9.17) is 5.26 Å². The van der Waals surface area contributed by atoms with Gasteiger partial charge in [-0.15, -0.1) is 22.0 Å². The lowest BCUT2D eigenvalue weighted by atomic mass is 10.1. The molecule has 0 aliphatic heterocycles. The monoisotopic (exact) mass is 474 g/mol. The first-order valence-corrected chi connectivity index (χ1v) is 12.4. The fourth-order valence-electron chi connectivity index (χ4n) is 2.85. The third-order valence-electron chi connectivity index (χ3n) is 4.42. The molecule has 3 aromatic carbocycles. The van der Waals surface area contributed by atoms with Gasteiger partial charge in [0.15, 0.2) is 4.34 Å². The average Bonchev–Trinajstić information content (AvgIpc) is 3.30. The van der Waals surface area contributed by atoms with Crippen molar-refractivity contribution in [1.82, 2.24) is 10.2 Å². The third kappa shape index (κ3) is 5.98. The van der Waals surface area contributed by atoms with Crippen molar-refractivity contribution in [2.75, 3.05) is 5.32 Å². The van der Waals surface area contributed by atoms with Gasteiger partial charge in [0.05, 0.1) is 11.6 Å². The quantitative estimate of drug-likeness (QED) is 0.243. The SMILES string of the molecule is N#Cc1ccc(CSc2nnc(NC(=O)C(Sc3ccccc3)c3ccccc3)s2)cc1. The van der Waals surface area contributed by atoms with E-state index in [9.17, 15) is 4.79 Å². The highest BCUT2D eigenvalue weighted by atomic mass is 32.2. The Morgan fingerprint density at radius 2 is 1.66 bits per heavy atom. The lowest BCUT2D eigenvalue weighted by Gasteiger charge is -2.16. The van der Waals surface area contributed by atoms with Crippen LogP contribution in [0.5, 0.6) is 0 Å². The molecule has 1 aromatic heterocycles. The minimum atomic E-state index is -0.405. The molecule has 0 saturated heterocycles. The van der Waals surface area contributed by atoms with Gasteiger partial charge in [0.2, 0.25) is 11.0 Å². The Bertz CT molecular complexity index is 1210. The molecule has 0 saturated carbocycles. The highest BCUT2D eigenvalue weighted by Crippen LogP contribution is 2.37. The highest BCUT2D eigenvalue weighted by Gasteiger charge is 2.23. The van der Waals surface area contributed by atoms with Crippen LogP contribution >= 0.6 is 34.9 Å². The summed E-state index contributed by atoms with van der Waals surface area (Å²) >= 11 is 4.40. The molecule has 0 fully saturated rings. The van der Waals surface area contributed by atoms with Gasteiger partial charge in [-0.3, -0.25) is 10.1 Å². The number of anilines is 1. The summed E-state index contributed by atoms with van der Waals surface area (Å²) in [4.78, 5) is 14.2. The van der Waals surface area contributed by atoms with Gasteiger partial charge in [0.25, 0.3) is 0 Å². The maximum atomic E-state index is 13.1. The van der Waals surface area contributed by atoms with E-state index in [1.54, 1.807) is 23.9 Å². The zero-order chi connectivity index (χ0) is 22.2. The Labute approximate surface area is 198 Å². The van der Waals surface area contributed by atoms with Crippen LogP contribution in [0, 0.1) is 11.3 Å². The van der Waals surface area contributed by atoms with E-state index in [1.807, 2.05) is 72.8 Å². The summed E-state index contributed by atoms with van der Waals surface area (Å²) in [6.45, 7) is 0. The van der Waals surface area contributed by atoms with Crippen molar-refractivity contribution < 1.29 is 4.79 Å². The van der Waals surface area contributed by atoms with Crippen LogP contribution in [0.4, 0.5) is 5.13 Å². The Morgan fingerprint density at radius 1 is 0.969 bits per heavy atom. The van der Waals surface area contributed by atoms with Crippen molar-refractivity contribution in [1.29, 1.82) is 5.26 Å². The van der Waals surface area contributed by atoms with E-state index in [1.165, 1.54) is 23.1 Å². The van der Waals surface area contributed by atoms with Crippen LogP contribution < -0.4 is 5.32 Å². The number of aromatic nitrogens is 2. The topological polar surface area (TPSA) is 78.7 Å². The number of nitrogens with one attached hydrogen (secondary N) is 1. The molecule has 0 bridgehead atoms. The number of nitrogens with zero attached hydrogens (tertiary/aromatic N) is 3. The standard InChI is InChI=1S/C24H18N4OS3/c25-15-17-11-13-18(14-12-17)16-30-24-28-27-23(32-24)26-22(29)21(19-7-3-1-4-8-19)31-20-9-5-2-6-10-20/h1-14,21H,16H2,(H,26,27,29). The van der Waals surface area contributed by atoms with E-state index in [-0.39, 0.29) is 5.91 Å². The molecule has 1 heterocycles. The van der Waals surface area contributed by atoms with Crippen molar-refractivity contribution in [3.8, 4) is 6.07 Å². The number of carbonyl (C=O) groups excluding carboxylic acids is 1. The van der Waals surface area contributed by atoms with Gasteiger partial charge >= 0.3 is 0 Å². The second kappa shape index (κ2) is 11.0. The molecule has 4 rings (SSSR count). The molecule has 4 aromatic rings. The first-order chi connectivity index (χ1) is 15.7. The van der Waals surface area contributed by atoms with E-state index in [0.29, 0.717) is 16.4 Å². The lowest BCUT2D eigenvalue weighted by molar-refractivity contribution is -0.115. The van der Waals surface area contributed by atoms with E-state index >= 15 is 0 Å². The van der Waals surface area contributed by atoms with Crippen LogP contribution in [0.25, 0.3) is 0 Å². The second-order valence-electron chi connectivity index (χ2n) is 6.68. The van der Waals surface area contributed by atoms with E-state index in [2.05, 4.69) is 21.6 Å². The van der Waals surface area contributed by atoms with Gasteiger partial charge in [-0.2, -0.15) is 5.26 Å². The van der Waals surface area contributed by atoms with Crippen molar-refractivity contribution >= 4 is 45.9 Å². The number of carbonyl (C=O) groups is 1. The maximum Gasteiger partial charge on any atom is 0.244 e. The van der Waals surface area contributed by atoms with E-state index in [0.717, 1.165) is 20.4 Å². The Hall–Kier alpha value is -3.12. The number of amides is 1. The van der Waals surface area contributed by atoms with E-state index < -0.39 is 5.25 Å². The summed E-state index contributed by atoms with van der Waals surface area (Å²) in [6.07, 6.45) is 0. The fourth-order valence-corrected chi connectivity index (χ4v) is 5.60. The van der Waals surface area contributed by atoms with Gasteiger partial charge in [-0.1, -0.05) is 83.8 Å². The Kier molecular flexibility index (Phi) is 7.56. The van der Waals surface area contributed by atoms with Gasteiger partial charge in [0, 0.05) is 10.6 Å². The van der Waals surface area contributed by atoms with Crippen LogP contribution in [-0.2, 0) is 10.5 Å². The van der Waals surface area contributed by atoms with Crippen LogP contribution in [0.15, 0.2) is 94.2 Å². The van der Waals surface area contributed by atoms with Crippen molar-refractivity contribution in [2.45, 2.75) is 20.2 Å². The van der Waals surface area contributed by atoms with Crippen molar-refractivity contribution in [2.24, 2.45) is 0 Å². The van der Waals surface area contributed by atoms with Crippen molar-refractivity contribution in [3.05, 3.63) is 102 Å². The molecule has 5 nitrogen and oxygen atoms in total. The van der Waals surface area contributed by atoms with Crippen LogP contribution in [0.1, 0.15) is 21.9 Å². The first-order valence-electron chi connectivity index (χ1n) is 9.74. The normalized spacial score (nSPS) is 11.5. The van der Waals surface area contributed by atoms with Gasteiger partial charge in [-0.25, -0.2) is 0 Å². The molecule has 32 heavy (non-hydrogen) atoms. The van der Waals surface area contributed by atoms with Crippen molar-refractivity contribution in [3.63, 3.8) is 0 Å². The molecule has 0 aliphatic carbocycles. The minimum absolute atomic E-state index is 0.134. The summed E-state index contributed by atoms with van der Waals surface area (Å²) in [5.74, 6) is 0.579. The molecule has 0 spiro atoms. The van der Waals surface area contributed by atoms with Gasteiger partial charge < -0.3 is 0 Å².